The Kier molecular flexibility index (Phi) is 4.11. The summed E-state index contributed by atoms with van der Waals surface area (Å²) in [7, 11) is 4.02. The first kappa shape index (κ1) is 13.2. The first-order valence-corrected chi connectivity index (χ1v) is 5.74. The van der Waals surface area contributed by atoms with Gasteiger partial charge >= 0.3 is 0 Å². The summed E-state index contributed by atoms with van der Waals surface area (Å²) in [6, 6.07) is 2.32. The van der Waals surface area contributed by atoms with Gasteiger partial charge in [-0.2, -0.15) is 0 Å². The number of aryl methyl sites for hydroxylation is 2. The number of aliphatic hydroxyl groups excluding tert-OH is 1. The maximum Gasteiger partial charge on any atom is 0.0628 e. The molecule has 1 atom stereocenters. The highest BCUT2D eigenvalue weighted by atomic mass is 16.3. The molecule has 0 aliphatic heterocycles. The predicted octanol–water partition coefficient (Wildman–Crippen LogP) is 2.52. The van der Waals surface area contributed by atoms with Crippen LogP contribution in [-0.2, 0) is 0 Å². The lowest BCUT2D eigenvalue weighted by molar-refractivity contribution is 0.169. The van der Waals surface area contributed by atoms with Crippen LogP contribution >= 0.6 is 0 Å². The number of hydrogen-bond acceptors (Lipinski definition) is 2. The molecule has 0 fully saturated rings. The summed E-state index contributed by atoms with van der Waals surface area (Å²) in [4.78, 5) is 2.08. The summed E-state index contributed by atoms with van der Waals surface area (Å²) in [6.07, 6.45) is 0. The molecule has 16 heavy (non-hydrogen) atoms. The molecule has 1 aromatic carbocycles. The van der Waals surface area contributed by atoms with Gasteiger partial charge in [-0.1, -0.05) is 6.07 Å². The largest absolute Gasteiger partial charge is 0.394 e. The summed E-state index contributed by atoms with van der Waals surface area (Å²) < 4.78 is 0. The number of rotatable bonds is 3. The van der Waals surface area contributed by atoms with Crippen LogP contribution in [0.2, 0.25) is 0 Å². The molecule has 0 saturated heterocycles. The second-order valence-electron chi connectivity index (χ2n) is 4.84. The van der Waals surface area contributed by atoms with Crippen LogP contribution in [0.5, 0.6) is 0 Å². The highest BCUT2D eigenvalue weighted by molar-refractivity contribution is 5.45. The van der Waals surface area contributed by atoms with E-state index in [4.69, 9.17) is 0 Å². The topological polar surface area (TPSA) is 23.5 Å². The fourth-order valence-corrected chi connectivity index (χ4v) is 2.26. The van der Waals surface area contributed by atoms with Crippen molar-refractivity contribution in [2.24, 2.45) is 0 Å². The minimum absolute atomic E-state index is 0.0959. The standard InChI is InChI=1S/C14H23NO/c1-9-7-10(2)12(4)14(11(9)3)13(8-16)15(5)6/h7,13,16H,8H2,1-6H3. The van der Waals surface area contributed by atoms with Crippen molar-refractivity contribution in [3.8, 4) is 0 Å². The zero-order valence-corrected chi connectivity index (χ0v) is 11.3. The van der Waals surface area contributed by atoms with Crippen molar-refractivity contribution in [2.45, 2.75) is 33.7 Å². The van der Waals surface area contributed by atoms with Crippen molar-refractivity contribution in [1.29, 1.82) is 0 Å². The van der Waals surface area contributed by atoms with Crippen molar-refractivity contribution in [2.75, 3.05) is 20.7 Å². The molecule has 0 aliphatic rings. The molecule has 0 spiro atoms. The van der Waals surface area contributed by atoms with E-state index in [0.717, 1.165) is 0 Å². The molecule has 1 unspecified atom stereocenters. The van der Waals surface area contributed by atoms with Crippen LogP contribution in [0, 0.1) is 27.7 Å². The number of nitrogens with zero attached hydrogens (tertiary/aromatic N) is 1. The first-order valence-electron chi connectivity index (χ1n) is 5.74. The predicted molar refractivity (Wildman–Crippen MR) is 68.9 cm³/mol. The van der Waals surface area contributed by atoms with Crippen LogP contribution < -0.4 is 0 Å². The molecule has 0 heterocycles. The molecule has 0 aliphatic carbocycles. The van der Waals surface area contributed by atoms with Crippen molar-refractivity contribution in [3.63, 3.8) is 0 Å². The molecule has 0 radical (unpaired) electrons. The van der Waals surface area contributed by atoms with E-state index in [1.165, 1.54) is 27.8 Å². The molecule has 2 nitrogen and oxygen atoms in total. The van der Waals surface area contributed by atoms with Crippen LogP contribution in [0.4, 0.5) is 0 Å². The monoisotopic (exact) mass is 221 g/mol. The molecule has 2 heteroatoms. The van der Waals surface area contributed by atoms with Gasteiger partial charge in [0, 0.05) is 0 Å². The Bertz CT molecular complexity index is 357. The van der Waals surface area contributed by atoms with Gasteiger partial charge < -0.3 is 10.0 Å². The summed E-state index contributed by atoms with van der Waals surface area (Å²) in [5.74, 6) is 0. The average Bonchev–Trinajstić information content (AvgIpc) is 2.21. The zero-order chi connectivity index (χ0) is 12.5. The highest BCUT2D eigenvalue weighted by Crippen LogP contribution is 2.29. The lowest BCUT2D eigenvalue weighted by Gasteiger charge is -2.27. The van der Waals surface area contributed by atoms with Gasteiger partial charge in [-0.15, -0.1) is 0 Å². The van der Waals surface area contributed by atoms with Gasteiger partial charge in [0.15, 0.2) is 0 Å². The van der Waals surface area contributed by atoms with Crippen molar-refractivity contribution >= 4 is 0 Å². The molecule has 0 bridgehead atoms. The lowest BCUT2D eigenvalue weighted by atomic mass is 9.89. The quantitative estimate of drug-likeness (QED) is 0.847. The average molecular weight is 221 g/mol. The third kappa shape index (κ3) is 2.28. The van der Waals surface area contributed by atoms with Gasteiger partial charge in [-0.25, -0.2) is 0 Å². The molecule has 1 N–H and O–H groups in total. The number of likely N-dealkylation sites (N-methyl/N-ethyl adjacent to an activating group) is 1. The Morgan fingerprint density at radius 3 is 1.81 bits per heavy atom. The normalized spacial score (nSPS) is 13.2. The van der Waals surface area contributed by atoms with Gasteiger partial charge in [-0.3, -0.25) is 0 Å². The fraction of sp³-hybridized carbons (Fsp3) is 0.571. The van der Waals surface area contributed by atoms with E-state index in [1.54, 1.807) is 0 Å². The Hall–Kier alpha value is -0.860. The van der Waals surface area contributed by atoms with Crippen LogP contribution in [0.3, 0.4) is 0 Å². The maximum absolute atomic E-state index is 9.54. The molecular weight excluding hydrogens is 198 g/mol. The maximum atomic E-state index is 9.54. The van der Waals surface area contributed by atoms with E-state index in [9.17, 15) is 5.11 Å². The van der Waals surface area contributed by atoms with Gasteiger partial charge in [0.05, 0.1) is 12.6 Å². The molecule has 0 amide bonds. The van der Waals surface area contributed by atoms with Crippen molar-refractivity contribution < 1.29 is 5.11 Å². The van der Waals surface area contributed by atoms with E-state index in [-0.39, 0.29) is 12.6 Å². The van der Waals surface area contributed by atoms with Crippen molar-refractivity contribution in [3.05, 3.63) is 33.9 Å². The Labute approximate surface area is 98.9 Å². The SMILES string of the molecule is Cc1cc(C)c(C)c(C(CO)N(C)C)c1C. The van der Waals surface area contributed by atoms with E-state index in [2.05, 4.69) is 38.7 Å². The van der Waals surface area contributed by atoms with E-state index < -0.39 is 0 Å². The summed E-state index contributed by atoms with van der Waals surface area (Å²) >= 11 is 0. The Morgan fingerprint density at radius 2 is 1.50 bits per heavy atom. The smallest absolute Gasteiger partial charge is 0.0628 e. The second-order valence-corrected chi connectivity index (χ2v) is 4.84. The fourth-order valence-electron chi connectivity index (χ4n) is 2.26. The third-order valence-corrected chi connectivity index (χ3v) is 3.55. The van der Waals surface area contributed by atoms with E-state index in [0.29, 0.717) is 0 Å². The molecule has 1 aromatic rings. The number of aliphatic hydroxyl groups is 1. The molecule has 0 aromatic heterocycles. The summed E-state index contributed by atoms with van der Waals surface area (Å²) in [5, 5.41) is 9.54. The van der Waals surface area contributed by atoms with Crippen LogP contribution in [0.25, 0.3) is 0 Å². The van der Waals surface area contributed by atoms with Crippen LogP contribution in [0.15, 0.2) is 6.07 Å². The minimum Gasteiger partial charge on any atom is -0.394 e. The lowest BCUT2D eigenvalue weighted by Crippen LogP contribution is -2.25. The first-order chi connectivity index (χ1) is 7.40. The summed E-state index contributed by atoms with van der Waals surface area (Å²) in [6.45, 7) is 8.72. The van der Waals surface area contributed by atoms with Gasteiger partial charge in [0.2, 0.25) is 0 Å². The molecular formula is C14H23NO. The van der Waals surface area contributed by atoms with Gasteiger partial charge in [-0.05, 0) is 69.6 Å². The highest BCUT2D eigenvalue weighted by Gasteiger charge is 2.19. The van der Waals surface area contributed by atoms with Crippen LogP contribution in [-0.4, -0.2) is 30.7 Å². The zero-order valence-electron chi connectivity index (χ0n) is 11.3. The van der Waals surface area contributed by atoms with Gasteiger partial charge in [0.1, 0.15) is 0 Å². The molecule has 1 rings (SSSR count). The second kappa shape index (κ2) is 4.98. The number of benzene rings is 1. The number of hydrogen-bond donors (Lipinski definition) is 1. The van der Waals surface area contributed by atoms with Crippen molar-refractivity contribution in [1.82, 2.24) is 4.90 Å². The van der Waals surface area contributed by atoms with Gasteiger partial charge in [0.25, 0.3) is 0 Å². The van der Waals surface area contributed by atoms with E-state index in [1.807, 2.05) is 14.1 Å². The Balaban J connectivity index is 3.41. The third-order valence-electron chi connectivity index (χ3n) is 3.55. The summed E-state index contributed by atoms with van der Waals surface area (Å²) in [5.41, 5.74) is 6.49. The van der Waals surface area contributed by atoms with E-state index >= 15 is 0 Å². The van der Waals surface area contributed by atoms with Crippen LogP contribution in [0.1, 0.15) is 33.9 Å². The Morgan fingerprint density at radius 1 is 1.06 bits per heavy atom. The molecule has 90 valence electrons. The molecule has 0 saturated carbocycles. The minimum atomic E-state index is 0.0959.